The minimum absolute atomic E-state index is 0.0555. The van der Waals surface area contributed by atoms with Crippen molar-refractivity contribution in [3.63, 3.8) is 0 Å². The van der Waals surface area contributed by atoms with Crippen LogP contribution in [0.4, 0.5) is 0 Å². The fourth-order valence-electron chi connectivity index (χ4n) is 3.42. The number of primary amides is 1. The number of thiophene rings is 1. The first kappa shape index (κ1) is 20.1. The number of carbonyl (C=O) groups is 1. The van der Waals surface area contributed by atoms with Crippen molar-refractivity contribution < 1.29 is 9.53 Å². The summed E-state index contributed by atoms with van der Waals surface area (Å²) in [6, 6.07) is 7.76. The molecule has 0 fully saturated rings. The zero-order valence-corrected chi connectivity index (χ0v) is 17.3. The number of methoxy groups -OCH3 is 1. The average molecular weight is 400 g/mol. The van der Waals surface area contributed by atoms with Gasteiger partial charge in [0.1, 0.15) is 16.4 Å². The van der Waals surface area contributed by atoms with Crippen molar-refractivity contribution in [1.29, 1.82) is 0 Å². The lowest BCUT2D eigenvalue weighted by Gasteiger charge is -2.12. The summed E-state index contributed by atoms with van der Waals surface area (Å²) in [5.74, 6) is 1.13. The van der Waals surface area contributed by atoms with Gasteiger partial charge >= 0.3 is 0 Å². The van der Waals surface area contributed by atoms with Crippen LogP contribution in [0, 0.1) is 0 Å². The molecule has 0 saturated heterocycles. The van der Waals surface area contributed by atoms with Crippen molar-refractivity contribution in [3.05, 3.63) is 45.3 Å². The molecule has 3 rings (SSSR count). The lowest BCUT2D eigenvalue weighted by Crippen LogP contribution is -2.26. The molecule has 2 heterocycles. The fourth-order valence-corrected chi connectivity index (χ4v) is 4.56. The molecule has 0 bridgehead atoms. The van der Waals surface area contributed by atoms with Gasteiger partial charge in [-0.2, -0.15) is 0 Å². The molecule has 148 valence electrons. The Kier molecular flexibility index (Phi) is 6.14. The Morgan fingerprint density at radius 3 is 2.71 bits per heavy atom. The maximum atomic E-state index is 13.4. The van der Waals surface area contributed by atoms with E-state index in [-0.39, 0.29) is 17.9 Å². The van der Waals surface area contributed by atoms with E-state index in [1.54, 1.807) is 23.0 Å². The monoisotopic (exact) mass is 399 g/mol. The maximum absolute atomic E-state index is 13.4. The predicted molar refractivity (Wildman–Crippen MR) is 113 cm³/mol. The van der Waals surface area contributed by atoms with Crippen molar-refractivity contribution >= 4 is 27.5 Å². The molecule has 0 aliphatic rings. The molecule has 7 heteroatoms. The molecule has 0 saturated carbocycles. The van der Waals surface area contributed by atoms with Crippen molar-refractivity contribution in [3.8, 4) is 16.9 Å². The Labute approximate surface area is 168 Å². The third kappa shape index (κ3) is 3.80. The van der Waals surface area contributed by atoms with Crippen LogP contribution < -0.4 is 16.0 Å². The van der Waals surface area contributed by atoms with Crippen molar-refractivity contribution in [2.45, 2.75) is 46.1 Å². The topological polar surface area (TPSA) is 87.2 Å². The average Bonchev–Trinajstić information content (AvgIpc) is 3.08. The van der Waals surface area contributed by atoms with Crippen LogP contribution >= 0.6 is 11.3 Å². The molecule has 1 aromatic carbocycles. The molecule has 0 unspecified atom stereocenters. The van der Waals surface area contributed by atoms with Gasteiger partial charge < -0.3 is 10.5 Å². The molecular formula is C21H25N3O3S. The number of hydrogen-bond acceptors (Lipinski definition) is 5. The Morgan fingerprint density at radius 1 is 1.29 bits per heavy atom. The molecule has 28 heavy (non-hydrogen) atoms. The van der Waals surface area contributed by atoms with Gasteiger partial charge in [0.15, 0.2) is 0 Å². The Balaban J connectivity index is 2.23. The number of fused-ring (bicyclic) bond motifs is 1. The van der Waals surface area contributed by atoms with Crippen LogP contribution in [-0.2, 0) is 24.2 Å². The van der Waals surface area contributed by atoms with Gasteiger partial charge in [0, 0.05) is 29.8 Å². The van der Waals surface area contributed by atoms with E-state index in [0.29, 0.717) is 24.8 Å². The number of amides is 1. The summed E-state index contributed by atoms with van der Waals surface area (Å²) >= 11 is 1.57. The fraction of sp³-hybridized carbons (Fsp3) is 0.381. The van der Waals surface area contributed by atoms with Crippen molar-refractivity contribution in [1.82, 2.24) is 9.55 Å². The third-order valence-electron chi connectivity index (χ3n) is 4.76. The highest BCUT2D eigenvalue weighted by Gasteiger charge is 2.20. The first-order valence-electron chi connectivity index (χ1n) is 9.47. The van der Waals surface area contributed by atoms with Gasteiger partial charge in [0.25, 0.3) is 5.56 Å². The summed E-state index contributed by atoms with van der Waals surface area (Å²) < 4.78 is 7.06. The second-order valence-electron chi connectivity index (χ2n) is 6.57. The highest BCUT2D eigenvalue weighted by Crippen LogP contribution is 2.37. The molecule has 1 amide bonds. The molecule has 3 aromatic rings. The highest BCUT2D eigenvalue weighted by atomic mass is 32.1. The van der Waals surface area contributed by atoms with Crippen LogP contribution in [0.2, 0.25) is 0 Å². The second kappa shape index (κ2) is 8.56. The largest absolute Gasteiger partial charge is 0.497 e. The van der Waals surface area contributed by atoms with Crippen LogP contribution in [0.1, 0.15) is 37.4 Å². The van der Waals surface area contributed by atoms with E-state index in [1.165, 1.54) is 0 Å². The van der Waals surface area contributed by atoms with E-state index >= 15 is 0 Å². The molecule has 0 radical (unpaired) electrons. The summed E-state index contributed by atoms with van der Waals surface area (Å²) in [4.78, 5) is 31.2. The van der Waals surface area contributed by atoms with E-state index in [2.05, 4.69) is 6.92 Å². The number of ether oxygens (including phenoxy) is 1. The molecule has 0 atom stereocenters. The lowest BCUT2D eigenvalue weighted by molar-refractivity contribution is -0.118. The molecular weight excluding hydrogens is 374 g/mol. The SMILES string of the molecule is CCc1sc2nc(CC)n(CCCC(N)=O)c(=O)c2c1-c1cccc(OC)c1. The van der Waals surface area contributed by atoms with Gasteiger partial charge in [0.2, 0.25) is 5.91 Å². The quantitative estimate of drug-likeness (QED) is 0.628. The number of aryl methyl sites for hydroxylation is 2. The zero-order chi connectivity index (χ0) is 20.3. The van der Waals surface area contributed by atoms with Crippen LogP contribution in [-0.4, -0.2) is 22.6 Å². The molecule has 6 nitrogen and oxygen atoms in total. The minimum Gasteiger partial charge on any atom is -0.497 e. The standard InChI is InChI=1S/C21H25N3O3S/c1-4-15-18(13-8-6-9-14(12-13)27-3)19-20(28-15)23-17(5-2)24(21(19)26)11-7-10-16(22)25/h6,8-9,12H,4-5,7,10-11H2,1-3H3,(H2,22,25). The Bertz CT molecular complexity index is 1070. The van der Waals surface area contributed by atoms with Crippen LogP contribution in [0.5, 0.6) is 5.75 Å². The molecule has 0 spiro atoms. The van der Waals surface area contributed by atoms with Crippen LogP contribution in [0.3, 0.4) is 0 Å². The van der Waals surface area contributed by atoms with E-state index in [0.717, 1.165) is 38.8 Å². The van der Waals surface area contributed by atoms with E-state index in [1.807, 2.05) is 31.2 Å². The number of nitrogens with two attached hydrogens (primary N) is 1. The number of carbonyl (C=O) groups excluding carboxylic acids is 1. The number of nitrogens with zero attached hydrogens (tertiary/aromatic N) is 2. The number of rotatable bonds is 8. The summed E-state index contributed by atoms with van der Waals surface area (Å²) in [7, 11) is 1.63. The zero-order valence-electron chi connectivity index (χ0n) is 16.4. The normalized spacial score (nSPS) is 11.1. The predicted octanol–water partition coefficient (Wildman–Crippen LogP) is 3.52. The van der Waals surface area contributed by atoms with Gasteiger partial charge in [-0.1, -0.05) is 26.0 Å². The van der Waals surface area contributed by atoms with Crippen LogP contribution in [0.25, 0.3) is 21.3 Å². The summed E-state index contributed by atoms with van der Waals surface area (Å²) in [6.45, 7) is 4.50. The van der Waals surface area contributed by atoms with Gasteiger partial charge in [-0.05, 0) is 30.5 Å². The van der Waals surface area contributed by atoms with Gasteiger partial charge in [0.05, 0.1) is 12.5 Å². The second-order valence-corrected chi connectivity index (χ2v) is 7.66. The first-order chi connectivity index (χ1) is 13.5. The minimum atomic E-state index is -0.360. The summed E-state index contributed by atoms with van der Waals surface area (Å²) in [6.07, 6.45) is 2.24. The maximum Gasteiger partial charge on any atom is 0.262 e. The molecule has 0 aliphatic carbocycles. The van der Waals surface area contributed by atoms with Crippen LogP contribution in [0.15, 0.2) is 29.1 Å². The third-order valence-corrected chi connectivity index (χ3v) is 5.99. The summed E-state index contributed by atoms with van der Waals surface area (Å²) in [5, 5.41) is 0.645. The first-order valence-corrected chi connectivity index (χ1v) is 10.3. The van der Waals surface area contributed by atoms with Gasteiger partial charge in [-0.15, -0.1) is 11.3 Å². The molecule has 0 aliphatic heterocycles. The van der Waals surface area contributed by atoms with Gasteiger partial charge in [-0.3, -0.25) is 14.2 Å². The smallest absolute Gasteiger partial charge is 0.262 e. The summed E-state index contributed by atoms with van der Waals surface area (Å²) in [5.41, 5.74) is 7.09. The van der Waals surface area contributed by atoms with Crippen molar-refractivity contribution in [2.24, 2.45) is 5.73 Å². The number of hydrogen-bond donors (Lipinski definition) is 1. The van der Waals surface area contributed by atoms with E-state index in [4.69, 9.17) is 15.5 Å². The number of aromatic nitrogens is 2. The highest BCUT2D eigenvalue weighted by molar-refractivity contribution is 7.19. The van der Waals surface area contributed by atoms with E-state index < -0.39 is 0 Å². The molecule has 2 N–H and O–H groups in total. The van der Waals surface area contributed by atoms with Crippen molar-refractivity contribution in [2.75, 3.05) is 7.11 Å². The Morgan fingerprint density at radius 2 is 2.07 bits per heavy atom. The van der Waals surface area contributed by atoms with E-state index in [9.17, 15) is 9.59 Å². The molecule has 2 aromatic heterocycles. The Hall–Kier alpha value is -2.67. The lowest BCUT2D eigenvalue weighted by atomic mass is 10.0. The van der Waals surface area contributed by atoms with Gasteiger partial charge in [-0.25, -0.2) is 4.98 Å². The number of benzene rings is 1.